The van der Waals surface area contributed by atoms with E-state index in [1.165, 1.54) is 0 Å². The molecule has 0 saturated heterocycles. The van der Waals surface area contributed by atoms with Crippen LogP contribution in [0.3, 0.4) is 0 Å². The van der Waals surface area contributed by atoms with Crippen LogP contribution in [0.25, 0.3) is 0 Å². The first-order valence-electron chi connectivity index (χ1n) is 5.85. The number of hydrogen-bond acceptors (Lipinski definition) is 1. The number of alkyl halides is 1. The summed E-state index contributed by atoms with van der Waals surface area (Å²) >= 11 is 2.13. The van der Waals surface area contributed by atoms with E-state index in [1.807, 2.05) is 11.0 Å². The lowest BCUT2D eigenvalue weighted by molar-refractivity contribution is -0.133. The van der Waals surface area contributed by atoms with Crippen LogP contribution in [-0.2, 0) is 4.79 Å². The molecule has 0 aromatic rings. The van der Waals surface area contributed by atoms with E-state index in [-0.39, 0.29) is 11.4 Å². The van der Waals surface area contributed by atoms with E-state index in [0.29, 0.717) is 10.3 Å². The SMILES string of the molecule is C=CC(CCC)CN(C(=O)CI)C(C)(C)C. The Hall–Kier alpha value is -0.0600. The van der Waals surface area contributed by atoms with Crippen LogP contribution in [0.2, 0.25) is 0 Å². The Kier molecular flexibility index (Phi) is 7.27. The second-order valence-corrected chi connectivity index (χ2v) is 5.86. The third-order valence-corrected chi connectivity index (χ3v) is 3.29. The van der Waals surface area contributed by atoms with Gasteiger partial charge in [-0.2, -0.15) is 0 Å². The van der Waals surface area contributed by atoms with Crippen molar-refractivity contribution in [3.05, 3.63) is 12.7 Å². The minimum Gasteiger partial charge on any atom is -0.337 e. The van der Waals surface area contributed by atoms with Gasteiger partial charge >= 0.3 is 0 Å². The predicted octanol–water partition coefficient (Wildman–Crippen LogP) is 3.65. The number of hydrogen-bond donors (Lipinski definition) is 0. The molecule has 0 aromatic heterocycles. The molecule has 0 aliphatic heterocycles. The van der Waals surface area contributed by atoms with Gasteiger partial charge < -0.3 is 4.90 Å². The van der Waals surface area contributed by atoms with Crippen molar-refractivity contribution in [3.63, 3.8) is 0 Å². The molecule has 1 atom stereocenters. The Morgan fingerprint density at radius 1 is 1.50 bits per heavy atom. The predicted molar refractivity (Wildman–Crippen MR) is 78.9 cm³/mol. The zero-order valence-electron chi connectivity index (χ0n) is 10.9. The lowest BCUT2D eigenvalue weighted by Gasteiger charge is -2.37. The second-order valence-electron chi connectivity index (χ2n) is 5.09. The van der Waals surface area contributed by atoms with Crippen molar-refractivity contribution in [2.75, 3.05) is 11.0 Å². The fraction of sp³-hybridized carbons (Fsp3) is 0.769. The van der Waals surface area contributed by atoms with Crippen LogP contribution in [0.15, 0.2) is 12.7 Å². The smallest absolute Gasteiger partial charge is 0.232 e. The van der Waals surface area contributed by atoms with Gasteiger partial charge in [-0.3, -0.25) is 4.79 Å². The molecule has 0 saturated carbocycles. The Bertz CT molecular complexity index is 233. The summed E-state index contributed by atoms with van der Waals surface area (Å²) in [6.45, 7) is 13.1. The number of amides is 1. The van der Waals surface area contributed by atoms with Gasteiger partial charge in [0.25, 0.3) is 0 Å². The quantitative estimate of drug-likeness (QED) is 0.412. The van der Waals surface area contributed by atoms with Gasteiger partial charge in [0.1, 0.15) is 0 Å². The van der Waals surface area contributed by atoms with Crippen molar-refractivity contribution in [1.29, 1.82) is 0 Å². The van der Waals surface area contributed by atoms with Crippen LogP contribution in [0.1, 0.15) is 40.5 Å². The molecule has 0 heterocycles. The molecule has 0 radical (unpaired) electrons. The van der Waals surface area contributed by atoms with Crippen molar-refractivity contribution in [2.24, 2.45) is 5.92 Å². The van der Waals surface area contributed by atoms with Crippen molar-refractivity contribution in [2.45, 2.75) is 46.1 Å². The van der Waals surface area contributed by atoms with E-state index in [2.05, 4.69) is 56.9 Å². The molecule has 0 spiro atoms. The minimum absolute atomic E-state index is 0.0999. The first kappa shape index (κ1) is 15.9. The summed E-state index contributed by atoms with van der Waals surface area (Å²) in [5, 5.41) is 0. The summed E-state index contributed by atoms with van der Waals surface area (Å²) in [5.74, 6) is 0.632. The molecule has 1 amide bonds. The van der Waals surface area contributed by atoms with Gasteiger partial charge in [-0.25, -0.2) is 0 Å². The molecule has 0 aliphatic carbocycles. The third kappa shape index (κ3) is 5.32. The van der Waals surface area contributed by atoms with Gasteiger partial charge in [-0.1, -0.05) is 42.0 Å². The highest BCUT2D eigenvalue weighted by Crippen LogP contribution is 2.19. The first-order chi connectivity index (χ1) is 7.36. The van der Waals surface area contributed by atoms with Crippen LogP contribution < -0.4 is 0 Å². The lowest BCUT2D eigenvalue weighted by Crippen LogP contribution is -2.48. The zero-order chi connectivity index (χ0) is 12.8. The van der Waals surface area contributed by atoms with E-state index < -0.39 is 0 Å². The van der Waals surface area contributed by atoms with Gasteiger partial charge in [0.2, 0.25) is 5.91 Å². The molecule has 16 heavy (non-hydrogen) atoms. The molecule has 0 aliphatic rings. The van der Waals surface area contributed by atoms with Crippen LogP contribution in [0, 0.1) is 5.92 Å². The summed E-state index contributed by atoms with van der Waals surface area (Å²) in [4.78, 5) is 13.9. The summed E-state index contributed by atoms with van der Waals surface area (Å²) in [6.07, 6.45) is 4.21. The third-order valence-electron chi connectivity index (χ3n) is 2.64. The van der Waals surface area contributed by atoms with Crippen LogP contribution in [0.5, 0.6) is 0 Å². The maximum absolute atomic E-state index is 11.9. The highest BCUT2D eigenvalue weighted by atomic mass is 127. The topological polar surface area (TPSA) is 20.3 Å². The van der Waals surface area contributed by atoms with Gasteiger partial charge in [0, 0.05) is 12.1 Å². The average molecular weight is 337 g/mol. The molecule has 1 unspecified atom stereocenters. The Morgan fingerprint density at radius 2 is 2.06 bits per heavy atom. The molecule has 0 fully saturated rings. The average Bonchev–Trinajstić information content (AvgIpc) is 2.21. The van der Waals surface area contributed by atoms with Crippen molar-refractivity contribution in [1.82, 2.24) is 4.90 Å². The monoisotopic (exact) mass is 337 g/mol. The van der Waals surface area contributed by atoms with Gasteiger partial charge in [0.05, 0.1) is 4.43 Å². The van der Waals surface area contributed by atoms with E-state index >= 15 is 0 Å². The Balaban J connectivity index is 4.65. The van der Waals surface area contributed by atoms with Crippen LogP contribution >= 0.6 is 22.6 Å². The van der Waals surface area contributed by atoms with Gasteiger partial charge in [-0.05, 0) is 33.1 Å². The molecule has 0 N–H and O–H groups in total. The largest absolute Gasteiger partial charge is 0.337 e. The van der Waals surface area contributed by atoms with Gasteiger partial charge in [-0.15, -0.1) is 6.58 Å². The summed E-state index contributed by atoms with van der Waals surface area (Å²) in [7, 11) is 0. The first-order valence-corrected chi connectivity index (χ1v) is 7.38. The zero-order valence-corrected chi connectivity index (χ0v) is 13.1. The highest BCUT2D eigenvalue weighted by molar-refractivity contribution is 14.1. The number of halogens is 1. The molecule has 3 heteroatoms. The number of carbonyl (C=O) groups excluding carboxylic acids is 1. The maximum atomic E-state index is 11.9. The Labute approximate surface area is 114 Å². The van der Waals surface area contributed by atoms with E-state index in [0.717, 1.165) is 19.4 Å². The molecule has 2 nitrogen and oxygen atoms in total. The van der Waals surface area contributed by atoms with E-state index in [4.69, 9.17) is 0 Å². The maximum Gasteiger partial charge on any atom is 0.232 e. The number of rotatable bonds is 6. The molecule has 94 valence electrons. The lowest BCUT2D eigenvalue weighted by atomic mass is 9.99. The summed E-state index contributed by atoms with van der Waals surface area (Å²) < 4.78 is 0.547. The number of nitrogens with zero attached hydrogens (tertiary/aromatic N) is 1. The van der Waals surface area contributed by atoms with Crippen molar-refractivity contribution < 1.29 is 4.79 Å². The highest BCUT2D eigenvalue weighted by Gasteiger charge is 2.26. The van der Waals surface area contributed by atoms with Crippen molar-refractivity contribution in [3.8, 4) is 0 Å². The van der Waals surface area contributed by atoms with E-state index in [9.17, 15) is 4.79 Å². The summed E-state index contributed by atoms with van der Waals surface area (Å²) in [6, 6.07) is 0. The normalized spacial score (nSPS) is 13.3. The Morgan fingerprint density at radius 3 is 2.38 bits per heavy atom. The van der Waals surface area contributed by atoms with E-state index in [1.54, 1.807) is 0 Å². The van der Waals surface area contributed by atoms with Gasteiger partial charge in [0.15, 0.2) is 0 Å². The standard InChI is InChI=1S/C13H24INO/c1-6-8-11(7-2)10-15(12(16)9-14)13(3,4)5/h7,11H,2,6,8-10H2,1,3-5H3. The molecule has 0 rings (SSSR count). The van der Waals surface area contributed by atoms with Crippen LogP contribution in [0.4, 0.5) is 0 Å². The van der Waals surface area contributed by atoms with Crippen LogP contribution in [-0.4, -0.2) is 27.3 Å². The molecular formula is C13H24INO. The summed E-state index contributed by atoms with van der Waals surface area (Å²) in [5.41, 5.74) is -0.0999. The second kappa shape index (κ2) is 7.30. The minimum atomic E-state index is -0.0999. The fourth-order valence-corrected chi connectivity index (χ4v) is 2.12. The van der Waals surface area contributed by atoms with Crippen molar-refractivity contribution >= 4 is 28.5 Å². The molecule has 0 aromatic carbocycles. The fourth-order valence-electron chi connectivity index (χ4n) is 1.71. The molecular weight excluding hydrogens is 313 g/mol. The number of carbonyl (C=O) groups is 1. The molecule has 0 bridgehead atoms.